The van der Waals surface area contributed by atoms with Crippen LogP contribution in [0.2, 0.25) is 0 Å². The highest BCUT2D eigenvalue weighted by molar-refractivity contribution is 9.10. The fourth-order valence-corrected chi connectivity index (χ4v) is 2.70. The van der Waals surface area contributed by atoms with Crippen molar-refractivity contribution in [1.29, 1.82) is 0 Å². The Balaban J connectivity index is 2.56. The maximum absolute atomic E-state index is 11.2. The van der Waals surface area contributed by atoms with Crippen LogP contribution in [0, 0.1) is 13.8 Å². The van der Waals surface area contributed by atoms with Gasteiger partial charge < -0.3 is 5.11 Å². The molecule has 0 aliphatic rings. The van der Waals surface area contributed by atoms with Crippen molar-refractivity contribution >= 4 is 21.9 Å². The minimum atomic E-state index is -0.867. The summed E-state index contributed by atoms with van der Waals surface area (Å²) in [5.74, 6) is -0.870. The van der Waals surface area contributed by atoms with Gasteiger partial charge in [-0.2, -0.15) is 0 Å². The van der Waals surface area contributed by atoms with E-state index in [1.807, 2.05) is 38.1 Å². The summed E-state index contributed by atoms with van der Waals surface area (Å²) in [6, 6.07) is 7.70. The molecule has 1 unspecified atom stereocenters. The second kappa shape index (κ2) is 5.71. The maximum atomic E-state index is 11.2. The Morgan fingerprint density at radius 3 is 2.25 bits per heavy atom. The number of rotatable bonds is 3. The third kappa shape index (κ3) is 2.72. The summed E-state index contributed by atoms with van der Waals surface area (Å²) in [7, 11) is 0. The topological polar surface area (TPSA) is 63.1 Å². The van der Waals surface area contributed by atoms with E-state index in [9.17, 15) is 4.79 Å². The molecule has 0 amide bonds. The van der Waals surface area contributed by atoms with Crippen LogP contribution in [-0.2, 0) is 4.79 Å². The Labute approximate surface area is 126 Å². The molecule has 2 aromatic rings. The van der Waals surface area contributed by atoms with Crippen molar-refractivity contribution in [3.05, 3.63) is 45.7 Å². The van der Waals surface area contributed by atoms with E-state index >= 15 is 0 Å². The number of aliphatic carboxylic acids is 1. The molecule has 5 heteroatoms. The first-order valence-corrected chi connectivity index (χ1v) is 7.04. The van der Waals surface area contributed by atoms with E-state index in [1.165, 1.54) is 0 Å². The van der Waals surface area contributed by atoms with Crippen LogP contribution in [0.15, 0.2) is 28.7 Å². The van der Waals surface area contributed by atoms with Gasteiger partial charge in [0.15, 0.2) is 5.82 Å². The predicted molar refractivity (Wildman–Crippen MR) is 80.7 cm³/mol. The maximum Gasteiger partial charge on any atom is 0.310 e. The average molecular weight is 335 g/mol. The monoisotopic (exact) mass is 334 g/mol. The van der Waals surface area contributed by atoms with Crippen molar-refractivity contribution in [1.82, 2.24) is 9.97 Å². The quantitative estimate of drug-likeness (QED) is 0.929. The number of aromatic nitrogens is 2. The fraction of sp³-hybridized carbons (Fsp3) is 0.267. The average Bonchev–Trinajstić information content (AvgIpc) is 2.38. The lowest BCUT2D eigenvalue weighted by Gasteiger charge is -2.14. The Kier molecular flexibility index (Phi) is 4.18. The molecule has 1 aromatic heterocycles. The molecule has 4 nitrogen and oxygen atoms in total. The van der Waals surface area contributed by atoms with Gasteiger partial charge in [0.1, 0.15) is 0 Å². The molecule has 0 saturated carbocycles. The summed E-state index contributed by atoms with van der Waals surface area (Å²) in [5, 5.41) is 9.15. The summed E-state index contributed by atoms with van der Waals surface area (Å²) in [6.07, 6.45) is 0. The van der Waals surface area contributed by atoms with Gasteiger partial charge in [-0.05, 0) is 26.8 Å². The molecule has 1 atom stereocenters. The number of aryl methyl sites for hydroxylation is 2. The summed E-state index contributed by atoms with van der Waals surface area (Å²) in [4.78, 5) is 20.1. The van der Waals surface area contributed by atoms with E-state index < -0.39 is 11.9 Å². The largest absolute Gasteiger partial charge is 0.481 e. The molecule has 1 heterocycles. The standard InChI is InChI=1S/C15H15BrN2O2/c1-8(15(19)20)13-9(2)17-14(18-10(13)3)11-6-4-5-7-12(11)16/h4-8H,1-3H3,(H,19,20). The lowest BCUT2D eigenvalue weighted by atomic mass is 9.98. The Morgan fingerprint density at radius 1 is 1.20 bits per heavy atom. The molecule has 0 aliphatic carbocycles. The van der Waals surface area contributed by atoms with Crippen molar-refractivity contribution in [3.8, 4) is 11.4 Å². The number of hydrogen-bond acceptors (Lipinski definition) is 3. The number of carbonyl (C=O) groups is 1. The second-order valence-electron chi connectivity index (χ2n) is 4.67. The van der Waals surface area contributed by atoms with Gasteiger partial charge in [0.05, 0.1) is 5.92 Å². The van der Waals surface area contributed by atoms with Crippen LogP contribution in [0.5, 0.6) is 0 Å². The molecular formula is C15H15BrN2O2. The van der Waals surface area contributed by atoms with Crippen molar-refractivity contribution in [2.45, 2.75) is 26.7 Å². The second-order valence-corrected chi connectivity index (χ2v) is 5.53. The number of benzene rings is 1. The summed E-state index contributed by atoms with van der Waals surface area (Å²) in [6.45, 7) is 5.30. The van der Waals surface area contributed by atoms with Crippen LogP contribution in [-0.4, -0.2) is 21.0 Å². The number of hydrogen-bond donors (Lipinski definition) is 1. The zero-order valence-electron chi connectivity index (χ0n) is 11.5. The molecule has 0 aliphatic heterocycles. The highest BCUT2D eigenvalue weighted by Crippen LogP contribution is 2.28. The minimum absolute atomic E-state index is 0.605. The van der Waals surface area contributed by atoms with Crippen molar-refractivity contribution in [2.24, 2.45) is 0 Å². The molecule has 2 rings (SSSR count). The summed E-state index contributed by atoms with van der Waals surface area (Å²) < 4.78 is 0.915. The highest BCUT2D eigenvalue weighted by atomic mass is 79.9. The zero-order chi connectivity index (χ0) is 14.9. The first-order chi connectivity index (χ1) is 9.41. The number of nitrogens with zero attached hydrogens (tertiary/aromatic N) is 2. The molecule has 0 saturated heterocycles. The highest BCUT2D eigenvalue weighted by Gasteiger charge is 2.21. The molecule has 1 aromatic carbocycles. The van der Waals surface area contributed by atoms with Gasteiger partial charge in [0, 0.05) is 27.0 Å². The molecule has 0 bridgehead atoms. The first-order valence-electron chi connectivity index (χ1n) is 6.24. The van der Waals surface area contributed by atoms with Crippen LogP contribution in [0.4, 0.5) is 0 Å². The zero-order valence-corrected chi connectivity index (χ0v) is 13.1. The number of carboxylic acid groups (broad SMARTS) is 1. The molecule has 1 N–H and O–H groups in total. The van der Waals surface area contributed by atoms with Gasteiger partial charge in [-0.15, -0.1) is 0 Å². The van der Waals surface area contributed by atoms with Gasteiger partial charge in [-0.3, -0.25) is 4.79 Å². The van der Waals surface area contributed by atoms with E-state index in [1.54, 1.807) is 6.92 Å². The number of halogens is 1. The van der Waals surface area contributed by atoms with Crippen molar-refractivity contribution in [2.75, 3.05) is 0 Å². The van der Waals surface area contributed by atoms with Crippen LogP contribution in [0.25, 0.3) is 11.4 Å². The van der Waals surface area contributed by atoms with Crippen LogP contribution < -0.4 is 0 Å². The van der Waals surface area contributed by atoms with Gasteiger partial charge in [-0.1, -0.05) is 34.1 Å². The van der Waals surface area contributed by atoms with E-state index in [4.69, 9.17) is 5.11 Å². The lowest BCUT2D eigenvalue weighted by Crippen LogP contribution is -2.13. The summed E-state index contributed by atoms with van der Waals surface area (Å²) in [5.41, 5.74) is 3.00. The van der Waals surface area contributed by atoms with Crippen LogP contribution in [0.3, 0.4) is 0 Å². The van der Waals surface area contributed by atoms with Crippen molar-refractivity contribution in [3.63, 3.8) is 0 Å². The third-order valence-corrected chi connectivity index (χ3v) is 3.94. The first kappa shape index (κ1) is 14.7. The Morgan fingerprint density at radius 2 is 1.75 bits per heavy atom. The Bertz CT molecular complexity index is 648. The SMILES string of the molecule is Cc1nc(-c2ccccc2Br)nc(C)c1C(C)C(=O)O. The predicted octanol–water partition coefficient (Wildman–Crippen LogP) is 3.71. The number of carboxylic acids is 1. The van der Waals surface area contributed by atoms with Gasteiger partial charge in [0.25, 0.3) is 0 Å². The summed E-state index contributed by atoms with van der Waals surface area (Å²) >= 11 is 3.48. The Hall–Kier alpha value is -1.75. The smallest absolute Gasteiger partial charge is 0.310 e. The van der Waals surface area contributed by atoms with Crippen LogP contribution in [0.1, 0.15) is 29.8 Å². The van der Waals surface area contributed by atoms with Gasteiger partial charge in [0.2, 0.25) is 0 Å². The van der Waals surface area contributed by atoms with Gasteiger partial charge >= 0.3 is 5.97 Å². The van der Waals surface area contributed by atoms with E-state index in [0.29, 0.717) is 22.8 Å². The lowest BCUT2D eigenvalue weighted by molar-refractivity contribution is -0.138. The van der Waals surface area contributed by atoms with E-state index in [-0.39, 0.29) is 0 Å². The minimum Gasteiger partial charge on any atom is -0.481 e. The van der Waals surface area contributed by atoms with Gasteiger partial charge in [-0.25, -0.2) is 9.97 Å². The normalized spacial score (nSPS) is 12.2. The van der Waals surface area contributed by atoms with E-state index in [0.717, 1.165) is 10.0 Å². The molecule has 0 spiro atoms. The molecular weight excluding hydrogens is 320 g/mol. The fourth-order valence-electron chi connectivity index (χ4n) is 2.24. The molecule has 104 valence electrons. The van der Waals surface area contributed by atoms with Crippen LogP contribution >= 0.6 is 15.9 Å². The van der Waals surface area contributed by atoms with Crippen molar-refractivity contribution < 1.29 is 9.90 Å². The molecule has 20 heavy (non-hydrogen) atoms. The third-order valence-electron chi connectivity index (χ3n) is 3.24. The van der Waals surface area contributed by atoms with E-state index in [2.05, 4.69) is 25.9 Å². The molecule has 0 radical (unpaired) electrons. The molecule has 0 fully saturated rings.